The van der Waals surface area contributed by atoms with Crippen molar-refractivity contribution in [2.45, 2.75) is 13.0 Å². The summed E-state index contributed by atoms with van der Waals surface area (Å²) in [5.41, 5.74) is 0. The van der Waals surface area contributed by atoms with Crippen molar-refractivity contribution in [2.24, 2.45) is 0 Å². The Hall–Kier alpha value is -0.0800. The average Bonchev–Trinajstić information content (AvgIpc) is 1.88. The maximum Gasteiger partial charge on any atom is 0.0731 e. The van der Waals surface area contributed by atoms with E-state index >= 15 is 0 Å². The fraction of sp³-hybridized carbons (Fsp3) is 0.857. The monoisotopic (exact) mass is 128 g/mol. The van der Waals surface area contributed by atoms with E-state index in [9.17, 15) is 0 Å². The molecule has 0 aliphatic carbocycles. The standard InChI is InChI=1S/C7H14NO/c1-3-7-6-8(2)4-5-9-7/h3,7H,4-6H2,1-2H3. The van der Waals surface area contributed by atoms with E-state index in [1.807, 2.05) is 6.92 Å². The summed E-state index contributed by atoms with van der Waals surface area (Å²) in [5, 5.41) is 0. The Labute approximate surface area is 56.8 Å². The van der Waals surface area contributed by atoms with Gasteiger partial charge in [0.1, 0.15) is 0 Å². The molecule has 1 saturated heterocycles. The Morgan fingerprint density at radius 2 is 2.44 bits per heavy atom. The molecule has 1 rings (SSSR count). The maximum atomic E-state index is 5.40. The van der Waals surface area contributed by atoms with E-state index < -0.39 is 0 Å². The van der Waals surface area contributed by atoms with E-state index in [0.29, 0.717) is 6.10 Å². The van der Waals surface area contributed by atoms with Crippen molar-refractivity contribution in [3.8, 4) is 0 Å². The minimum Gasteiger partial charge on any atom is -0.375 e. The molecule has 2 nitrogen and oxygen atoms in total. The Kier molecular flexibility index (Phi) is 2.49. The van der Waals surface area contributed by atoms with E-state index in [1.165, 1.54) is 0 Å². The molecule has 1 heterocycles. The topological polar surface area (TPSA) is 12.5 Å². The Balaban J connectivity index is 2.23. The molecule has 0 N–H and O–H groups in total. The quantitative estimate of drug-likeness (QED) is 0.511. The average molecular weight is 128 g/mol. The smallest absolute Gasteiger partial charge is 0.0731 e. The number of ether oxygens (including phenoxy) is 1. The lowest BCUT2D eigenvalue weighted by Crippen LogP contribution is -2.39. The van der Waals surface area contributed by atoms with Crippen molar-refractivity contribution < 1.29 is 4.74 Å². The molecule has 0 spiro atoms. The SMILES string of the molecule is C[CH]C1CN(C)CCO1. The Morgan fingerprint density at radius 3 is 2.89 bits per heavy atom. The van der Waals surface area contributed by atoms with Gasteiger partial charge in [0, 0.05) is 13.1 Å². The van der Waals surface area contributed by atoms with Crippen LogP contribution in [0.25, 0.3) is 0 Å². The van der Waals surface area contributed by atoms with Crippen LogP contribution >= 0.6 is 0 Å². The molecule has 1 aliphatic rings. The molecule has 9 heavy (non-hydrogen) atoms. The molecule has 1 fully saturated rings. The molecule has 2 heteroatoms. The molecule has 1 atom stereocenters. The van der Waals surface area contributed by atoms with Gasteiger partial charge < -0.3 is 9.64 Å². The highest BCUT2D eigenvalue weighted by Crippen LogP contribution is 2.04. The highest BCUT2D eigenvalue weighted by Gasteiger charge is 2.14. The lowest BCUT2D eigenvalue weighted by atomic mass is 10.2. The Morgan fingerprint density at radius 1 is 1.67 bits per heavy atom. The summed E-state index contributed by atoms with van der Waals surface area (Å²) in [7, 11) is 2.12. The van der Waals surface area contributed by atoms with Crippen LogP contribution in [0.5, 0.6) is 0 Å². The first-order chi connectivity index (χ1) is 4.33. The number of likely N-dealkylation sites (N-methyl/N-ethyl adjacent to an activating group) is 1. The van der Waals surface area contributed by atoms with Gasteiger partial charge in [0.05, 0.1) is 12.7 Å². The van der Waals surface area contributed by atoms with E-state index in [1.54, 1.807) is 0 Å². The molecule has 1 unspecified atom stereocenters. The predicted octanol–water partition coefficient (Wildman–Crippen LogP) is 0.541. The number of hydrogen-bond acceptors (Lipinski definition) is 2. The molecule has 0 amide bonds. The summed E-state index contributed by atoms with van der Waals surface area (Å²) < 4.78 is 5.40. The highest BCUT2D eigenvalue weighted by atomic mass is 16.5. The van der Waals surface area contributed by atoms with Crippen molar-refractivity contribution in [2.75, 3.05) is 26.7 Å². The third kappa shape index (κ3) is 1.95. The van der Waals surface area contributed by atoms with Crippen LogP contribution in [0.15, 0.2) is 0 Å². The van der Waals surface area contributed by atoms with E-state index in [2.05, 4.69) is 18.4 Å². The molecule has 0 saturated carbocycles. The van der Waals surface area contributed by atoms with Gasteiger partial charge in [0.2, 0.25) is 0 Å². The molecule has 0 aromatic rings. The van der Waals surface area contributed by atoms with Crippen LogP contribution in [-0.4, -0.2) is 37.7 Å². The van der Waals surface area contributed by atoms with E-state index in [-0.39, 0.29) is 0 Å². The van der Waals surface area contributed by atoms with E-state index in [0.717, 1.165) is 19.7 Å². The fourth-order valence-electron chi connectivity index (χ4n) is 1.01. The van der Waals surface area contributed by atoms with Gasteiger partial charge in [-0.25, -0.2) is 0 Å². The minimum atomic E-state index is 0.365. The summed E-state index contributed by atoms with van der Waals surface area (Å²) >= 11 is 0. The summed E-state index contributed by atoms with van der Waals surface area (Å²) in [6.45, 7) is 5.05. The van der Waals surface area contributed by atoms with Crippen molar-refractivity contribution in [1.82, 2.24) is 4.90 Å². The van der Waals surface area contributed by atoms with Crippen LogP contribution in [0.3, 0.4) is 0 Å². The molecule has 0 aromatic carbocycles. The first-order valence-electron chi connectivity index (χ1n) is 3.42. The molecule has 1 aliphatic heterocycles. The van der Waals surface area contributed by atoms with Gasteiger partial charge in [-0.3, -0.25) is 0 Å². The van der Waals surface area contributed by atoms with Crippen LogP contribution in [-0.2, 0) is 4.74 Å². The molecule has 1 radical (unpaired) electrons. The largest absolute Gasteiger partial charge is 0.375 e. The van der Waals surface area contributed by atoms with Crippen LogP contribution in [0.2, 0.25) is 0 Å². The number of morpholine rings is 1. The second-order valence-corrected chi connectivity index (χ2v) is 2.50. The van der Waals surface area contributed by atoms with Crippen LogP contribution in [0, 0.1) is 6.42 Å². The molecule has 0 bridgehead atoms. The first kappa shape index (κ1) is 7.03. The third-order valence-electron chi connectivity index (χ3n) is 1.67. The van der Waals surface area contributed by atoms with Crippen molar-refractivity contribution in [1.29, 1.82) is 0 Å². The molecule has 0 aromatic heterocycles. The first-order valence-corrected chi connectivity index (χ1v) is 3.42. The summed E-state index contributed by atoms with van der Waals surface area (Å²) in [5.74, 6) is 0. The van der Waals surface area contributed by atoms with Crippen molar-refractivity contribution >= 4 is 0 Å². The lowest BCUT2D eigenvalue weighted by Gasteiger charge is -2.28. The van der Waals surface area contributed by atoms with Gasteiger partial charge >= 0.3 is 0 Å². The van der Waals surface area contributed by atoms with Gasteiger partial charge in [0.25, 0.3) is 0 Å². The zero-order valence-corrected chi connectivity index (χ0v) is 6.13. The second kappa shape index (κ2) is 3.18. The Bertz CT molecular complexity index is 85.0. The van der Waals surface area contributed by atoms with Crippen molar-refractivity contribution in [3.63, 3.8) is 0 Å². The highest BCUT2D eigenvalue weighted by molar-refractivity contribution is 4.77. The maximum absolute atomic E-state index is 5.40. The van der Waals surface area contributed by atoms with Gasteiger partial charge in [-0.05, 0) is 13.5 Å². The second-order valence-electron chi connectivity index (χ2n) is 2.50. The van der Waals surface area contributed by atoms with Crippen LogP contribution < -0.4 is 0 Å². The lowest BCUT2D eigenvalue weighted by molar-refractivity contribution is -0.00119. The van der Waals surface area contributed by atoms with Crippen LogP contribution in [0.1, 0.15) is 6.92 Å². The number of hydrogen-bond donors (Lipinski definition) is 0. The number of rotatable bonds is 1. The zero-order valence-electron chi connectivity index (χ0n) is 6.13. The predicted molar refractivity (Wildman–Crippen MR) is 37.2 cm³/mol. The summed E-state index contributed by atoms with van der Waals surface area (Å²) in [4.78, 5) is 2.29. The summed E-state index contributed by atoms with van der Waals surface area (Å²) in [6, 6.07) is 0. The van der Waals surface area contributed by atoms with Gasteiger partial charge in [-0.15, -0.1) is 0 Å². The summed E-state index contributed by atoms with van der Waals surface area (Å²) in [6.07, 6.45) is 2.47. The zero-order chi connectivity index (χ0) is 6.69. The normalized spacial score (nSPS) is 30.7. The molecular formula is C7H14NO. The van der Waals surface area contributed by atoms with Gasteiger partial charge in [0.15, 0.2) is 0 Å². The third-order valence-corrected chi connectivity index (χ3v) is 1.67. The minimum absolute atomic E-state index is 0.365. The van der Waals surface area contributed by atoms with Crippen molar-refractivity contribution in [3.05, 3.63) is 6.42 Å². The molecular weight excluding hydrogens is 114 g/mol. The van der Waals surface area contributed by atoms with Gasteiger partial charge in [-0.2, -0.15) is 0 Å². The fourth-order valence-corrected chi connectivity index (χ4v) is 1.01. The van der Waals surface area contributed by atoms with E-state index in [4.69, 9.17) is 4.74 Å². The molecule has 53 valence electrons. The van der Waals surface area contributed by atoms with Gasteiger partial charge in [-0.1, -0.05) is 6.92 Å². The van der Waals surface area contributed by atoms with Crippen LogP contribution in [0.4, 0.5) is 0 Å². The number of nitrogens with zero attached hydrogens (tertiary/aromatic N) is 1.